The molecule has 112 valence electrons. The van der Waals surface area contributed by atoms with Crippen molar-refractivity contribution in [2.45, 2.75) is 12.3 Å². The van der Waals surface area contributed by atoms with E-state index in [-0.39, 0.29) is 5.82 Å². The molecule has 1 aliphatic carbocycles. The molecule has 1 heterocycles. The van der Waals surface area contributed by atoms with Gasteiger partial charge in [0.2, 0.25) is 0 Å². The Labute approximate surface area is 127 Å². The van der Waals surface area contributed by atoms with E-state index >= 15 is 0 Å². The van der Waals surface area contributed by atoms with E-state index in [1.54, 1.807) is 6.07 Å². The summed E-state index contributed by atoms with van der Waals surface area (Å²) in [6.45, 7) is 0.505. The zero-order valence-corrected chi connectivity index (χ0v) is 11.8. The quantitative estimate of drug-likeness (QED) is 0.654. The van der Waals surface area contributed by atoms with Crippen LogP contribution >= 0.6 is 0 Å². The molecule has 0 spiro atoms. The Morgan fingerprint density at radius 1 is 1.36 bits per heavy atom. The second-order valence-corrected chi connectivity index (χ2v) is 5.25. The first-order valence-electron chi connectivity index (χ1n) is 6.97. The predicted octanol–water partition coefficient (Wildman–Crippen LogP) is 2.56. The number of aromatic nitrogens is 1. The molecular formula is C16H15FN4O. The summed E-state index contributed by atoms with van der Waals surface area (Å²) < 4.78 is 18.7. The van der Waals surface area contributed by atoms with E-state index in [4.69, 9.17) is 15.8 Å². The Bertz CT molecular complexity index is 711. The Morgan fingerprint density at radius 3 is 2.82 bits per heavy atom. The Hall–Kier alpha value is -2.65. The van der Waals surface area contributed by atoms with Gasteiger partial charge in [0.05, 0.1) is 6.61 Å². The molecule has 0 aliphatic heterocycles. The van der Waals surface area contributed by atoms with E-state index in [0.29, 0.717) is 35.6 Å². The number of pyridine rings is 1. The minimum absolute atomic E-state index is 0.227. The molecule has 2 atom stereocenters. The van der Waals surface area contributed by atoms with Gasteiger partial charge < -0.3 is 10.2 Å². The largest absolute Gasteiger partial charge is 0.492 e. The first kappa shape index (κ1) is 14.3. The van der Waals surface area contributed by atoms with Crippen molar-refractivity contribution in [3.8, 4) is 11.8 Å². The lowest BCUT2D eigenvalue weighted by atomic mass is 10.1. The summed E-state index contributed by atoms with van der Waals surface area (Å²) in [6, 6.07) is 10.2. The van der Waals surface area contributed by atoms with Crippen LogP contribution < -0.4 is 16.0 Å². The molecule has 6 heteroatoms. The van der Waals surface area contributed by atoms with Gasteiger partial charge in [0.15, 0.2) is 5.82 Å². The number of nitriles is 1. The first-order valence-corrected chi connectivity index (χ1v) is 6.97. The van der Waals surface area contributed by atoms with Gasteiger partial charge >= 0.3 is 0 Å². The number of nitrogens with zero attached hydrogens (tertiary/aromatic N) is 2. The van der Waals surface area contributed by atoms with E-state index in [9.17, 15) is 4.39 Å². The van der Waals surface area contributed by atoms with E-state index in [1.165, 1.54) is 18.3 Å². The van der Waals surface area contributed by atoms with Crippen LogP contribution in [-0.2, 0) is 0 Å². The highest BCUT2D eigenvalue weighted by atomic mass is 19.1. The number of hydrazine groups is 1. The third kappa shape index (κ3) is 2.85. The summed E-state index contributed by atoms with van der Waals surface area (Å²) in [5.41, 5.74) is 3.80. The van der Waals surface area contributed by atoms with E-state index < -0.39 is 0 Å². The van der Waals surface area contributed by atoms with Crippen LogP contribution in [0.4, 0.5) is 10.2 Å². The second kappa shape index (κ2) is 6.00. The van der Waals surface area contributed by atoms with Crippen LogP contribution in [0.25, 0.3) is 0 Å². The minimum Gasteiger partial charge on any atom is -0.492 e. The third-order valence-electron chi connectivity index (χ3n) is 3.83. The fourth-order valence-corrected chi connectivity index (χ4v) is 2.53. The van der Waals surface area contributed by atoms with Crippen molar-refractivity contribution in [2.24, 2.45) is 11.8 Å². The van der Waals surface area contributed by atoms with Gasteiger partial charge in [0.25, 0.3) is 0 Å². The predicted molar refractivity (Wildman–Crippen MR) is 79.5 cm³/mol. The molecule has 1 aromatic carbocycles. The lowest BCUT2D eigenvalue weighted by Crippen LogP contribution is -2.11. The summed E-state index contributed by atoms with van der Waals surface area (Å²) in [7, 11) is 0. The number of ether oxygens (including phenoxy) is 1. The van der Waals surface area contributed by atoms with Crippen molar-refractivity contribution in [3.63, 3.8) is 0 Å². The Kier molecular flexibility index (Phi) is 3.90. The molecule has 22 heavy (non-hydrogen) atoms. The molecule has 1 aliphatic rings. The second-order valence-electron chi connectivity index (χ2n) is 5.25. The number of hydrogen-bond donors (Lipinski definition) is 2. The zero-order valence-electron chi connectivity index (χ0n) is 11.8. The van der Waals surface area contributed by atoms with Crippen LogP contribution in [0.3, 0.4) is 0 Å². The number of nitrogens with one attached hydrogen (secondary N) is 1. The topological polar surface area (TPSA) is 84.0 Å². The van der Waals surface area contributed by atoms with E-state index in [2.05, 4.69) is 10.4 Å². The summed E-state index contributed by atoms with van der Waals surface area (Å²) in [5, 5.41) is 9.17. The third-order valence-corrected chi connectivity index (χ3v) is 3.83. The molecule has 1 aromatic heterocycles. The van der Waals surface area contributed by atoms with E-state index in [1.807, 2.05) is 18.2 Å². The maximum atomic E-state index is 12.9. The number of nitrogens with two attached hydrogens (primary N) is 1. The average Bonchev–Trinajstić information content (AvgIpc) is 3.32. The van der Waals surface area contributed by atoms with Crippen LogP contribution in [0.5, 0.6) is 5.75 Å². The van der Waals surface area contributed by atoms with Crippen LogP contribution in [0, 0.1) is 23.1 Å². The fourth-order valence-electron chi connectivity index (χ4n) is 2.53. The Morgan fingerprint density at radius 2 is 2.14 bits per heavy atom. The van der Waals surface area contributed by atoms with Gasteiger partial charge in [-0.1, -0.05) is 12.1 Å². The normalized spacial score (nSPS) is 19.3. The van der Waals surface area contributed by atoms with Gasteiger partial charge in [-0.3, -0.25) is 0 Å². The molecule has 0 saturated heterocycles. The SMILES string of the molecule is N#Cc1c(OC[C@@H]2CC2c2ccc(F)cc2)ccnc1NN. The number of rotatable bonds is 5. The van der Waals surface area contributed by atoms with Crippen molar-refractivity contribution >= 4 is 5.82 Å². The van der Waals surface area contributed by atoms with Gasteiger partial charge in [0, 0.05) is 18.2 Å². The molecule has 2 aromatic rings. The van der Waals surface area contributed by atoms with Gasteiger partial charge in [0.1, 0.15) is 23.2 Å². The monoisotopic (exact) mass is 298 g/mol. The molecule has 0 amide bonds. The van der Waals surface area contributed by atoms with Crippen LogP contribution in [0.15, 0.2) is 36.5 Å². The zero-order chi connectivity index (χ0) is 15.5. The number of anilines is 1. The van der Waals surface area contributed by atoms with Crippen molar-refractivity contribution in [2.75, 3.05) is 12.0 Å². The number of benzene rings is 1. The lowest BCUT2D eigenvalue weighted by Gasteiger charge is -2.10. The molecule has 5 nitrogen and oxygen atoms in total. The maximum Gasteiger partial charge on any atom is 0.161 e. The van der Waals surface area contributed by atoms with Crippen molar-refractivity contribution in [3.05, 3.63) is 53.5 Å². The molecule has 1 saturated carbocycles. The molecule has 1 unspecified atom stereocenters. The summed E-state index contributed by atoms with van der Waals surface area (Å²) in [5.74, 6) is 6.62. The first-order chi connectivity index (χ1) is 10.7. The fraction of sp³-hybridized carbons (Fsp3) is 0.250. The van der Waals surface area contributed by atoms with Gasteiger partial charge in [-0.05, 0) is 30.0 Å². The van der Waals surface area contributed by atoms with Crippen LogP contribution in [0.2, 0.25) is 0 Å². The standard InChI is InChI=1S/C16H15FN4O/c17-12-3-1-10(2-4-12)13-7-11(13)9-22-15-5-6-20-16(21-19)14(15)8-18/h1-6,11,13H,7,9,19H2,(H,20,21)/t11-,13?/m0/s1. The lowest BCUT2D eigenvalue weighted by molar-refractivity contribution is 0.296. The smallest absolute Gasteiger partial charge is 0.161 e. The number of hydrogen-bond acceptors (Lipinski definition) is 5. The van der Waals surface area contributed by atoms with Gasteiger partial charge in [-0.15, -0.1) is 0 Å². The van der Waals surface area contributed by atoms with Crippen molar-refractivity contribution in [1.82, 2.24) is 4.98 Å². The summed E-state index contributed by atoms with van der Waals surface area (Å²) >= 11 is 0. The van der Waals surface area contributed by atoms with E-state index in [0.717, 1.165) is 12.0 Å². The molecule has 3 rings (SSSR count). The molecular weight excluding hydrogens is 283 g/mol. The Balaban J connectivity index is 1.63. The molecule has 1 fully saturated rings. The maximum absolute atomic E-state index is 12.9. The highest BCUT2D eigenvalue weighted by molar-refractivity contribution is 5.58. The average molecular weight is 298 g/mol. The molecule has 3 N–H and O–H groups in total. The minimum atomic E-state index is -0.227. The van der Waals surface area contributed by atoms with Crippen molar-refractivity contribution in [1.29, 1.82) is 5.26 Å². The van der Waals surface area contributed by atoms with Gasteiger partial charge in [-0.2, -0.15) is 5.26 Å². The highest BCUT2D eigenvalue weighted by Gasteiger charge is 2.38. The highest BCUT2D eigenvalue weighted by Crippen LogP contribution is 2.47. The number of halogens is 1. The van der Waals surface area contributed by atoms with Gasteiger partial charge in [-0.25, -0.2) is 15.2 Å². The van der Waals surface area contributed by atoms with Crippen LogP contribution in [-0.4, -0.2) is 11.6 Å². The number of nitrogen functional groups attached to an aromatic ring is 1. The summed E-state index contributed by atoms with van der Waals surface area (Å²) in [6.07, 6.45) is 2.54. The summed E-state index contributed by atoms with van der Waals surface area (Å²) in [4.78, 5) is 3.97. The van der Waals surface area contributed by atoms with Crippen LogP contribution in [0.1, 0.15) is 23.5 Å². The van der Waals surface area contributed by atoms with Crippen molar-refractivity contribution < 1.29 is 9.13 Å². The molecule has 0 bridgehead atoms. The molecule has 0 radical (unpaired) electrons.